The van der Waals surface area contributed by atoms with E-state index in [1.165, 1.54) is 9.80 Å². The molecule has 4 N–H and O–H groups in total. The van der Waals surface area contributed by atoms with Crippen molar-refractivity contribution < 1.29 is 14.4 Å². The first-order valence-corrected chi connectivity index (χ1v) is 12.5. The van der Waals surface area contributed by atoms with Crippen LogP contribution >= 0.6 is 0 Å². The Labute approximate surface area is 217 Å². The van der Waals surface area contributed by atoms with Crippen molar-refractivity contribution in [1.29, 1.82) is 0 Å². The minimum atomic E-state index is -1.04. The lowest BCUT2D eigenvalue weighted by Gasteiger charge is -2.29. The predicted octanol–water partition coefficient (Wildman–Crippen LogP) is 3.41. The number of hydrogen-bond donors (Lipinski definition) is 3. The second-order valence-corrected chi connectivity index (χ2v) is 9.18. The normalized spacial score (nSPS) is 14.9. The molecule has 4 amide bonds. The van der Waals surface area contributed by atoms with Crippen molar-refractivity contribution in [1.82, 2.24) is 15.1 Å². The molecule has 3 aromatic carbocycles. The van der Waals surface area contributed by atoms with Gasteiger partial charge in [0.25, 0.3) is 5.91 Å². The third kappa shape index (κ3) is 6.74. The molecule has 192 valence electrons. The summed E-state index contributed by atoms with van der Waals surface area (Å²) >= 11 is 0. The van der Waals surface area contributed by atoms with E-state index in [2.05, 4.69) is 10.6 Å². The Hall–Kier alpha value is -4.17. The van der Waals surface area contributed by atoms with Crippen molar-refractivity contribution in [2.45, 2.75) is 39.0 Å². The van der Waals surface area contributed by atoms with E-state index < -0.39 is 18.1 Å². The van der Waals surface area contributed by atoms with Gasteiger partial charge in [-0.3, -0.25) is 14.5 Å². The number of nitrogens with zero attached hydrogens (tertiary/aromatic N) is 2. The first kappa shape index (κ1) is 25.9. The first-order chi connectivity index (χ1) is 17.9. The summed E-state index contributed by atoms with van der Waals surface area (Å²) in [6.07, 6.45) is -0.225. The number of hydrogen-bond acceptors (Lipinski definition) is 4. The highest BCUT2D eigenvalue weighted by Crippen LogP contribution is 2.20. The molecule has 8 nitrogen and oxygen atoms in total. The van der Waals surface area contributed by atoms with Crippen molar-refractivity contribution in [2.75, 3.05) is 18.4 Å². The van der Waals surface area contributed by atoms with Gasteiger partial charge in [-0.15, -0.1) is 0 Å². The SMILES string of the molecule is Cc1cccc(NC(=O)N2CCN(C(=O)CCc3ccccc3)C2C(=O)NCc2cccc(CN)c2)c1. The number of nitrogens with one attached hydrogen (secondary N) is 2. The van der Waals surface area contributed by atoms with Crippen LogP contribution in [0.15, 0.2) is 78.9 Å². The lowest BCUT2D eigenvalue weighted by molar-refractivity contribution is -0.141. The number of urea groups is 1. The molecule has 8 heteroatoms. The minimum absolute atomic E-state index is 0.167. The molecule has 0 saturated carbocycles. The number of carbonyl (C=O) groups excluding carboxylic acids is 3. The van der Waals surface area contributed by atoms with Gasteiger partial charge in [0.05, 0.1) is 0 Å². The average molecular weight is 500 g/mol. The molecule has 1 fully saturated rings. The molecule has 1 aliphatic heterocycles. The molecule has 1 atom stereocenters. The van der Waals surface area contributed by atoms with E-state index >= 15 is 0 Å². The fourth-order valence-electron chi connectivity index (χ4n) is 4.49. The van der Waals surface area contributed by atoms with Crippen LogP contribution in [0.5, 0.6) is 0 Å². The van der Waals surface area contributed by atoms with E-state index in [0.717, 1.165) is 22.3 Å². The van der Waals surface area contributed by atoms with Gasteiger partial charge in [0.15, 0.2) is 6.17 Å². The van der Waals surface area contributed by atoms with Crippen molar-refractivity contribution in [3.8, 4) is 0 Å². The molecule has 0 bridgehead atoms. The Bertz CT molecular complexity index is 1250. The van der Waals surface area contributed by atoms with Crippen LogP contribution in [0.25, 0.3) is 0 Å². The maximum Gasteiger partial charge on any atom is 0.323 e. The van der Waals surface area contributed by atoms with Gasteiger partial charge in [-0.2, -0.15) is 0 Å². The van der Waals surface area contributed by atoms with Gasteiger partial charge < -0.3 is 21.3 Å². The van der Waals surface area contributed by atoms with E-state index in [4.69, 9.17) is 5.73 Å². The summed E-state index contributed by atoms with van der Waals surface area (Å²) in [6, 6.07) is 24.4. The monoisotopic (exact) mass is 499 g/mol. The summed E-state index contributed by atoms with van der Waals surface area (Å²) < 4.78 is 0. The lowest BCUT2D eigenvalue weighted by Crippen LogP contribution is -2.54. The van der Waals surface area contributed by atoms with E-state index in [1.54, 1.807) is 6.07 Å². The van der Waals surface area contributed by atoms with Crippen LogP contribution < -0.4 is 16.4 Å². The summed E-state index contributed by atoms with van der Waals surface area (Å²) in [7, 11) is 0. The molecule has 1 saturated heterocycles. The quantitative estimate of drug-likeness (QED) is 0.441. The Kier molecular flexibility index (Phi) is 8.53. The minimum Gasteiger partial charge on any atom is -0.349 e. The number of aryl methyl sites for hydroxylation is 2. The summed E-state index contributed by atoms with van der Waals surface area (Å²) in [5.74, 6) is -0.567. The zero-order chi connectivity index (χ0) is 26.2. The Morgan fingerprint density at radius 3 is 2.32 bits per heavy atom. The predicted molar refractivity (Wildman–Crippen MR) is 143 cm³/mol. The molecule has 1 aliphatic rings. The molecule has 4 rings (SSSR count). The van der Waals surface area contributed by atoms with Crippen LogP contribution in [0.1, 0.15) is 28.7 Å². The Morgan fingerprint density at radius 2 is 1.57 bits per heavy atom. The maximum absolute atomic E-state index is 13.4. The average Bonchev–Trinajstić information content (AvgIpc) is 3.37. The van der Waals surface area contributed by atoms with Gasteiger partial charge >= 0.3 is 6.03 Å². The van der Waals surface area contributed by atoms with Crippen molar-refractivity contribution in [3.63, 3.8) is 0 Å². The topological polar surface area (TPSA) is 108 Å². The summed E-state index contributed by atoms with van der Waals surface area (Å²) in [5.41, 5.74) is 10.3. The van der Waals surface area contributed by atoms with E-state index in [0.29, 0.717) is 18.7 Å². The van der Waals surface area contributed by atoms with Crippen LogP contribution in [-0.4, -0.2) is 46.9 Å². The number of benzene rings is 3. The highest BCUT2D eigenvalue weighted by molar-refractivity contribution is 5.96. The first-order valence-electron chi connectivity index (χ1n) is 12.5. The smallest absolute Gasteiger partial charge is 0.323 e. The number of carbonyl (C=O) groups is 3. The summed E-state index contributed by atoms with van der Waals surface area (Å²) in [4.78, 5) is 42.8. The van der Waals surface area contributed by atoms with Crippen LogP contribution in [0.2, 0.25) is 0 Å². The van der Waals surface area contributed by atoms with Crippen LogP contribution in [0.3, 0.4) is 0 Å². The van der Waals surface area contributed by atoms with Crippen LogP contribution in [0.4, 0.5) is 10.5 Å². The van der Waals surface area contributed by atoms with Gasteiger partial charge in [0.1, 0.15) is 0 Å². The number of nitrogens with two attached hydrogens (primary N) is 1. The number of rotatable bonds is 8. The van der Waals surface area contributed by atoms with Crippen LogP contribution in [-0.2, 0) is 29.1 Å². The van der Waals surface area contributed by atoms with Crippen molar-refractivity contribution in [2.24, 2.45) is 5.73 Å². The molecule has 0 aliphatic carbocycles. The Balaban J connectivity index is 1.49. The second kappa shape index (κ2) is 12.2. The third-order valence-corrected chi connectivity index (χ3v) is 6.42. The second-order valence-electron chi connectivity index (χ2n) is 9.18. The van der Waals surface area contributed by atoms with Gasteiger partial charge in [0, 0.05) is 38.3 Å². The fourth-order valence-corrected chi connectivity index (χ4v) is 4.49. The van der Waals surface area contributed by atoms with Crippen molar-refractivity contribution in [3.05, 3.63) is 101 Å². The molecule has 3 aromatic rings. The highest BCUT2D eigenvalue weighted by atomic mass is 16.2. The van der Waals surface area contributed by atoms with E-state index in [1.807, 2.05) is 79.7 Å². The fraction of sp³-hybridized carbons (Fsp3) is 0.276. The largest absolute Gasteiger partial charge is 0.349 e. The Morgan fingerprint density at radius 1 is 0.865 bits per heavy atom. The molecule has 37 heavy (non-hydrogen) atoms. The van der Waals surface area contributed by atoms with Gasteiger partial charge in [-0.1, -0.05) is 66.7 Å². The molecule has 0 radical (unpaired) electrons. The molecular weight excluding hydrogens is 466 g/mol. The highest BCUT2D eigenvalue weighted by Gasteiger charge is 2.42. The standard InChI is InChI=1S/C29H33N5O3/c1-21-7-5-12-25(17-21)32-29(37)34-16-15-33(26(35)14-13-22-8-3-2-4-9-22)28(34)27(36)31-20-24-11-6-10-23(18-24)19-30/h2-12,17-18,28H,13-16,19-20,30H2,1H3,(H,31,36)(H,32,37). The van der Waals surface area contributed by atoms with Crippen LogP contribution in [0, 0.1) is 6.92 Å². The summed E-state index contributed by atoms with van der Waals surface area (Å²) in [5, 5.41) is 5.78. The maximum atomic E-state index is 13.4. The van der Waals surface area contributed by atoms with E-state index in [-0.39, 0.29) is 32.0 Å². The number of amides is 4. The summed E-state index contributed by atoms with van der Waals surface area (Å²) in [6.45, 7) is 3.16. The zero-order valence-electron chi connectivity index (χ0n) is 21.0. The van der Waals surface area contributed by atoms with Gasteiger partial charge in [-0.25, -0.2) is 4.79 Å². The molecule has 0 spiro atoms. The molecule has 1 unspecified atom stereocenters. The number of anilines is 1. The van der Waals surface area contributed by atoms with Gasteiger partial charge in [-0.05, 0) is 47.7 Å². The lowest BCUT2D eigenvalue weighted by atomic mass is 10.1. The zero-order valence-corrected chi connectivity index (χ0v) is 21.0. The molecule has 1 heterocycles. The van der Waals surface area contributed by atoms with Gasteiger partial charge in [0.2, 0.25) is 5.91 Å². The van der Waals surface area contributed by atoms with Crippen molar-refractivity contribution >= 4 is 23.5 Å². The van der Waals surface area contributed by atoms with E-state index in [9.17, 15) is 14.4 Å². The molecule has 0 aromatic heterocycles. The third-order valence-electron chi connectivity index (χ3n) is 6.42. The molecular formula is C29H33N5O3.